The number of aromatic nitrogens is 3. The van der Waals surface area contributed by atoms with E-state index in [4.69, 9.17) is 5.73 Å². The molecule has 0 bridgehead atoms. The summed E-state index contributed by atoms with van der Waals surface area (Å²) in [5, 5.41) is 4.27. The molecule has 0 amide bonds. The molecule has 2 aromatic rings. The quantitative estimate of drug-likeness (QED) is 0.864. The minimum absolute atomic E-state index is 0.340. The van der Waals surface area contributed by atoms with Crippen LogP contribution in [0.25, 0.3) is 0 Å². The molecule has 2 rings (SSSR count). The van der Waals surface area contributed by atoms with Gasteiger partial charge in [-0.25, -0.2) is 9.67 Å². The van der Waals surface area contributed by atoms with E-state index < -0.39 is 0 Å². The van der Waals surface area contributed by atoms with E-state index in [-0.39, 0.29) is 0 Å². The maximum absolute atomic E-state index is 5.91. The second kappa shape index (κ2) is 6.48. The van der Waals surface area contributed by atoms with Crippen LogP contribution in [-0.2, 0) is 12.8 Å². The van der Waals surface area contributed by atoms with Gasteiger partial charge in [-0.15, -0.1) is 0 Å². The Morgan fingerprint density at radius 3 is 2.53 bits per heavy atom. The Morgan fingerprint density at radius 1 is 1.16 bits per heavy atom. The Hall–Kier alpha value is -1.68. The van der Waals surface area contributed by atoms with Gasteiger partial charge in [0.1, 0.15) is 12.2 Å². The molecule has 1 aromatic carbocycles. The predicted molar refractivity (Wildman–Crippen MR) is 76.8 cm³/mol. The minimum atomic E-state index is 0.340. The standard InChI is InChI=1S/C15H22N4/c1-12(2)19-15(17-11-18-19)9-14(10-16)8-13-6-4-3-5-7-13/h3-7,11-12,14H,8-10,16H2,1-2H3. The highest BCUT2D eigenvalue weighted by atomic mass is 15.3. The van der Waals surface area contributed by atoms with Gasteiger partial charge in [-0.1, -0.05) is 30.3 Å². The van der Waals surface area contributed by atoms with Crippen molar-refractivity contribution < 1.29 is 0 Å². The molecule has 0 spiro atoms. The molecule has 19 heavy (non-hydrogen) atoms. The molecule has 1 unspecified atom stereocenters. The highest BCUT2D eigenvalue weighted by molar-refractivity contribution is 5.15. The normalized spacial score (nSPS) is 12.8. The zero-order valence-electron chi connectivity index (χ0n) is 11.7. The Kier molecular flexibility index (Phi) is 4.68. The van der Waals surface area contributed by atoms with Crippen LogP contribution in [0.1, 0.15) is 31.3 Å². The summed E-state index contributed by atoms with van der Waals surface area (Å²) in [6.45, 7) is 4.90. The van der Waals surface area contributed by atoms with Crippen molar-refractivity contribution in [2.24, 2.45) is 11.7 Å². The summed E-state index contributed by atoms with van der Waals surface area (Å²) in [4.78, 5) is 4.36. The second-order valence-corrected chi connectivity index (χ2v) is 5.21. The molecule has 0 fully saturated rings. The van der Waals surface area contributed by atoms with E-state index in [1.807, 2.05) is 10.7 Å². The van der Waals surface area contributed by atoms with Crippen molar-refractivity contribution in [3.63, 3.8) is 0 Å². The smallest absolute Gasteiger partial charge is 0.138 e. The monoisotopic (exact) mass is 258 g/mol. The van der Waals surface area contributed by atoms with Crippen LogP contribution in [-0.4, -0.2) is 21.3 Å². The number of nitrogens with zero attached hydrogens (tertiary/aromatic N) is 3. The molecule has 4 heteroatoms. The highest BCUT2D eigenvalue weighted by Crippen LogP contribution is 2.14. The van der Waals surface area contributed by atoms with Gasteiger partial charge in [-0.05, 0) is 38.3 Å². The zero-order valence-corrected chi connectivity index (χ0v) is 11.7. The fraction of sp³-hybridized carbons (Fsp3) is 0.467. The number of hydrogen-bond acceptors (Lipinski definition) is 3. The summed E-state index contributed by atoms with van der Waals surface area (Å²) < 4.78 is 1.98. The van der Waals surface area contributed by atoms with Gasteiger partial charge in [0.2, 0.25) is 0 Å². The van der Waals surface area contributed by atoms with Gasteiger partial charge in [-0.3, -0.25) is 0 Å². The van der Waals surface area contributed by atoms with Crippen LogP contribution in [0.15, 0.2) is 36.7 Å². The van der Waals surface area contributed by atoms with Crippen molar-refractivity contribution in [1.82, 2.24) is 14.8 Å². The molecular weight excluding hydrogens is 236 g/mol. The molecule has 1 atom stereocenters. The van der Waals surface area contributed by atoms with E-state index in [1.165, 1.54) is 5.56 Å². The summed E-state index contributed by atoms with van der Waals surface area (Å²) in [5.74, 6) is 1.44. The summed E-state index contributed by atoms with van der Waals surface area (Å²) in [6.07, 6.45) is 3.50. The lowest BCUT2D eigenvalue weighted by atomic mass is 9.96. The van der Waals surface area contributed by atoms with Crippen LogP contribution in [0.2, 0.25) is 0 Å². The van der Waals surface area contributed by atoms with Crippen molar-refractivity contribution >= 4 is 0 Å². The second-order valence-electron chi connectivity index (χ2n) is 5.21. The van der Waals surface area contributed by atoms with Crippen LogP contribution in [0.3, 0.4) is 0 Å². The Balaban J connectivity index is 2.05. The number of hydrogen-bond donors (Lipinski definition) is 1. The fourth-order valence-corrected chi connectivity index (χ4v) is 2.30. The Bertz CT molecular complexity index is 490. The van der Waals surface area contributed by atoms with E-state index in [0.717, 1.165) is 18.7 Å². The number of nitrogens with two attached hydrogens (primary N) is 1. The molecule has 0 saturated heterocycles. The summed E-state index contributed by atoms with van der Waals surface area (Å²) in [6, 6.07) is 10.8. The van der Waals surface area contributed by atoms with Gasteiger partial charge in [0.15, 0.2) is 0 Å². The topological polar surface area (TPSA) is 56.7 Å². The molecule has 4 nitrogen and oxygen atoms in total. The number of rotatable bonds is 6. The maximum atomic E-state index is 5.91. The third-order valence-electron chi connectivity index (χ3n) is 3.31. The van der Waals surface area contributed by atoms with Crippen LogP contribution >= 0.6 is 0 Å². The Morgan fingerprint density at radius 2 is 1.89 bits per heavy atom. The largest absolute Gasteiger partial charge is 0.330 e. The van der Waals surface area contributed by atoms with Crippen LogP contribution in [0.5, 0.6) is 0 Å². The lowest BCUT2D eigenvalue weighted by Crippen LogP contribution is -2.22. The first-order chi connectivity index (χ1) is 9.20. The van der Waals surface area contributed by atoms with Gasteiger partial charge < -0.3 is 5.73 Å². The number of benzene rings is 1. The van der Waals surface area contributed by atoms with Crippen molar-refractivity contribution in [2.75, 3.05) is 6.54 Å². The van der Waals surface area contributed by atoms with Crippen molar-refractivity contribution in [2.45, 2.75) is 32.7 Å². The van der Waals surface area contributed by atoms with Crippen LogP contribution in [0.4, 0.5) is 0 Å². The first kappa shape index (κ1) is 13.7. The highest BCUT2D eigenvalue weighted by Gasteiger charge is 2.14. The average molecular weight is 258 g/mol. The van der Waals surface area contributed by atoms with E-state index in [0.29, 0.717) is 18.5 Å². The van der Waals surface area contributed by atoms with Crippen molar-refractivity contribution in [3.8, 4) is 0 Å². The van der Waals surface area contributed by atoms with Crippen molar-refractivity contribution in [3.05, 3.63) is 48.0 Å². The molecule has 0 saturated carbocycles. The van der Waals surface area contributed by atoms with Crippen molar-refractivity contribution in [1.29, 1.82) is 0 Å². The van der Waals surface area contributed by atoms with Gasteiger partial charge in [0.05, 0.1) is 0 Å². The SMILES string of the molecule is CC(C)n1ncnc1CC(CN)Cc1ccccc1. The molecule has 0 aliphatic rings. The predicted octanol–water partition coefficient (Wildman–Crippen LogP) is 2.22. The molecule has 1 heterocycles. The first-order valence-corrected chi connectivity index (χ1v) is 6.83. The van der Waals surface area contributed by atoms with E-state index in [1.54, 1.807) is 6.33 Å². The van der Waals surface area contributed by atoms with Gasteiger partial charge in [0, 0.05) is 12.5 Å². The third-order valence-corrected chi connectivity index (χ3v) is 3.31. The lowest BCUT2D eigenvalue weighted by molar-refractivity contribution is 0.457. The summed E-state index contributed by atoms with van der Waals surface area (Å²) >= 11 is 0. The zero-order chi connectivity index (χ0) is 13.7. The molecule has 2 N–H and O–H groups in total. The van der Waals surface area contributed by atoms with Crippen LogP contribution < -0.4 is 5.73 Å². The molecule has 102 valence electrons. The minimum Gasteiger partial charge on any atom is -0.330 e. The third kappa shape index (κ3) is 3.64. The van der Waals surface area contributed by atoms with Gasteiger partial charge >= 0.3 is 0 Å². The van der Waals surface area contributed by atoms with Gasteiger partial charge in [-0.2, -0.15) is 5.10 Å². The molecule has 0 aliphatic heterocycles. The molecular formula is C15H22N4. The van der Waals surface area contributed by atoms with Gasteiger partial charge in [0.25, 0.3) is 0 Å². The summed E-state index contributed by atoms with van der Waals surface area (Å²) in [5.41, 5.74) is 7.23. The summed E-state index contributed by atoms with van der Waals surface area (Å²) in [7, 11) is 0. The average Bonchev–Trinajstić information content (AvgIpc) is 2.87. The maximum Gasteiger partial charge on any atom is 0.138 e. The Labute approximate surface area is 114 Å². The molecule has 0 aliphatic carbocycles. The lowest BCUT2D eigenvalue weighted by Gasteiger charge is -2.16. The molecule has 1 aromatic heterocycles. The van der Waals surface area contributed by atoms with Crippen LogP contribution in [0, 0.1) is 5.92 Å². The van der Waals surface area contributed by atoms with E-state index in [2.05, 4.69) is 48.2 Å². The fourth-order valence-electron chi connectivity index (χ4n) is 2.30. The first-order valence-electron chi connectivity index (χ1n) is 6.83. The molecule has 0 radical (unpaired) electrons. The van der Waals surface area contributed by atoms with E-state index in [9.17, 15) is 0 Å². The van der Waals surface area contributed by atoms with E-state index >= 15 is 0 Å².